The van der Waals surface area contributed by atoms with Crippen molar-refractivity contribution >= 4 is 30.0 Å². The Morgan fingerprint density at radius 2 is 1.47 bits per heavy atom. The summed E-state index contributed by atoms with van der Waals surface area (Å²) in [5, 5.41) is 55.4. The van der Waals surface area contributed by atoms with Crippen molar-refractivity contribution in [1.29, 1.82) is 0 Å². The second kappa shape index (κ2) is 18.0. The third-order valence-electron chi connectivity index (χ3n) is 11.8. The van der Waals surface area contributed by atoms with Crippen molar-refractivity contribution in [2.24, 2.45) is 17.8 Å². The lowest BCUT2D eigenvalue weighted by Crippen LogP contribution is -2.64. The number of aliphatic hydroxyl groups is 5. The highest BCUT2D eigenvalue weighted by Crippen LogP contribution is 2.55. The topological polar surface area (TPSA) is 252 Å². The van der Waals surface area contributed by atoms with Gasteiger partial charge in [0, 0.05) is 38.2 Å². The van der Waals surface area contributed by atoms with E-state index in [2.05, 4.69) is 0 Å². The first-order valence-corrected chi connectivity index (χ1v) is 19.6. The molecule has 0 bridgehead atoms. The zero-order chi connectivity index (χ0) is 42.1. The fourth-order valence-corrected chi connectivity index (χ4v) is 8.60. The molecule has 1 saturated carbocycles. The van der Waals surface area contributed by atoms with Crippen LogP contribution in [0.3, 0.4) is 0 Å². The summed E-state index contributed by atoms with van der Waals surface area (Å²) in [6.45, 7) is 6.23. The van der Waals surface area contributed by atoms with Crippen molar-refractivity contribution in [2.45, 2.75) is 145 Å². The monoisotopic (exact) mass is 822 g/mol. The Balaban J connectivity index is 1.16. The maximum Gasteiger partial charge on any atom is 0.331 e. The summed E-state index contributed by atoms with van der Waals surface area (Å²) in [6.07, 6.45) is -13.0. The van der Waals surface area contributed by atoms with E-state index < -0.39 is 127 Å². The van der Waals surface area contributed by atoms with Gasteiger partial charge in [-0.2, -0.15) is 0 Å². The number of benzene rings is 1. The van der Waals surface area contributed by atoms with Crippen LogP contribution in [0.4, 0.5) is 0 Å². The van der Waals surface area contributed by atoms with Crippen LogP contribution < -0.4 is 0 Å². The molecule has 5 fully saturated rings. The van der Waals surface area contributed by atoms with Gasteiger partial charge in [-0.1, -0.05) is 37.3 Å². The molecule has 17 unspecified atom stereocenters. The highest BCUT2D eigenvalue weighted by atomic mass is 16.8. The van der Waals surface area contributed by atoms with Gasteiger partial charge in [-0.3, -0.25) is 14.4 Å². The smallest absolute Gasteiger partial charge is 0.331 e. The van der Waals surface area contributed by atoms with Gasteiger partial charge in [0.05, 0.1) is 37.4 Å². The molecule has 1 spiro atoms. The number of ether oxygens (including phenoxy) is 9. The van der Waals surface area contributed by atoms with E-state index in [-0.39, 0.29) is 38.2 Å². The molecule has 4 saturated heterocycles. The van der Waals surface area contributed by atoms with Gasteiger partial charge in [0.25, 0.3) is 0 Å². The third kappa shape index (κ3) is 8.96. The molecule has 17 atom stereocenters. The van der Waals surface area contributed by atoms with Gasteiger partial charge in [-0.05, 0) is 44.7 Å². The summed E-state index contributed by atoms with van der Waals surface area (Å²) in [5.74, 6) is -6.57. The second-order valence-corrected chi connectivity index (χ2v) is 15.9. The minimum Gasteiger partial charge on any atom is -0.459 e. The molecule has 5 N–H and O–H groups in total. The highest BCUT2D eigenvalue weighted by Gasteiger charge is 2.69. The Kier molecular flexibility index (Phi) is 13.6. The lowest BCUT2D eigenvalue weighted by Gasteiger charge is -2.47. The Hall–Kier alpha value is -3.56. The fraction of sp³-hybridized carbons (Fsp3) is 0.700. The van der Waals surface area contributed by atoms with E-state index in [4.69, 9.17) is 42.6 Å². The van der Waals surface area contributed by atoms with Crippen LogP contribution in [-0.2, 0) is 61.8 Å². The minimum atomic E-state index is -1.92. The van der Waals surface area contributed by atoms with E-state index in [9.17, 15) is 44.7 Å². The molecule has 0 aromatic heterocycles. The number of esters is 4. The molecule has 322 valence electrons. The van der Waals surface area contributed by atoms with E-state index in [1.165, 1.54) is 19.9 Å². The molecular weight excluding hydrogens is 768 g/mol. The molecule has 4 heterocycles. The van der Waals surface area contributed by atoms with Crippen molar-refractivity contribution in [3.05, 3.63) is 42.0 Å². The van der Waals surface area contributed by atoms with Crippen LogP contribution in [0.25, 0.3) is 6.08 Å². The quantitative estimate of drug-likeness (QED) is 0.121. The lowest BCUT2D eigenvalue weighted by molar-refractivity contribution is -0.358. The van der Waals surface area contributed by atoms with Crippen LogP contribution in [0.5, 0.6) is 0 Å². The van der Waals surface area contributed by atoms with E-state index in [0.717, 1.165) is 19.4 Å². The maximum absolute atomic E-state index is 14.0. The number of hydrogen-bond acceptors (Lipinski definition) is 18. The van der Waals surface area contributed by atoms with Gasteiger partial charge in [-0.15, -0.1) is 0 Å². The van der Waals surface area contributed by atoms with Gasteiger partial charge in [0.2, 0.25) is 12.1 Å². The van der Waals surface area contributed by atoms with Crippen LogP contribution >= 0.6 is 0 Å². The standard InChI is InChI=1S/C40H54O18/c1-19-17-50-40(16-28(19)55-29(44)14-11-24-9-7-6-8-10-24)39(49,18-41)26-13-12-25(15-27(26)58-40)36(48)57-38-35(34(54-23(5)43)31(46)21(3)52-38)56-37-32(47)33(53-22(4)42)30(45)20(2)51-37/h6-11,14,19-21,25-28,30-35,37-38,41,45-47,49H,12-13,15-18H2,1-5H3. The number of hydrogen-bond donors (Lipinski definition) is 5. The average molecular weight is 823 g/mol. The summed E-state index contributed by atoms with van der Waals surface area (Å²) in [7, 11) is 0. The molecule has 5 aliphatic rings. The molecule has 6 rings (SSSR count). The van der Waals surface area contributed by atoms with Crippen molar-refractivity contribution in [1.82, 2.24) is 0 Å². The number of aliphatic hydroxyl groups excluding tert-OH is 4. The first kappa shape index (κ1) is 44.0. The lowest BCUT2D eigenvalue weighted by atomic mass is 9.70. The molecule has 58 heavy (non-hydrogen) atoms. The highest BCUT2D eigenvalue weighted by molar-refractivity contribution is 5.87. The Bertz CT molecular complexity index is 1660. The number of carbonyl (C=O) groups is 4. The predicted octanol–water partition coefficient (Wildman–Crippen LogP) is 0.267. The molecule has 0 amide bonds. The predicted molar refractivity (Wildman–Crippen MR) is 194 cm³/mol. The Labute approximate surface area is 335 Å². The molecular formula is C40H54O18. The molecule has 18 heteroatoms. The molecule has 1 aromatic carbocycles. The van der Waals surface area contributed by atoms with E-state index >= 15 is 0 Å². The van der Waals surface area contributed by atoms with Crippen molar-refractivity contribution in [2.75, 3.05) is 13.2 Å². The summed E-state index contributed by atoms with van der Waals surface area (Å²) in [6, 6.07) is 9.20. The SMILES string of the molecule is CC(=O)OC1C(O)C(C)OC(OC2C(OC(=O)C3CCC4C(C3)OC3(CC(OC(=O)C=Cc5ccccc5)C(C)CO3)C4(O)CO)OC(C)C(O)C2OC(C)=O)C1O. The summed E-state index contributed by atoms with van der Waals surface area (Å²) in [4.78, 5) is 50.8. The van der Waals surface area contributed by atoms with Crippen LogP contribution in [0.2, 0.25) is 0 Å². The van der Waals surface area contributed by atoms with Crippen molar-refractivity contribution < 1.29 is 87.3 Å². The number of rotatable bonds is 10. The van der Waals surface area contributed by atoms with Crippen molar-refractivity contribution in [3.63, 3.8) is 0 Å². The van der Waals surface area contributed by atoms with E-state index in [1.54, 1.807) is 6.08 Å². The zero-order valence-corrected chi connectivity index (χ0v) is 33.0. The normalized spacial score (nSPS) is 42.7. The summed E-state index contributed by atoms with van der Waals surface area (Å²) >= 11 is 0. The number of fused-ring (bicyclic) bond motifs is 1. The Morgan fingerprint density at radius 1 is 0.828 bits per heavy atom. The van der Waals surface area contributed by atoms with Crippen LogP contribution in [0, 0.1) is 17.8 Å². The van der Waals surface area contributed by atoms with Crippen LogP contribution in [0.15, 0.2) is 36.4 Å². The molecule has 0 radical (unpaired) electrons. The largest absolute Gasteiger partial charge is 0.459 e. The maximum atomic E-state index is 14.0. The van der Waals surface area contributed by atoms with Gasteiger partial charge < -0.3 is 68.2 Å². The van der Waals surface area contributed by atoms with E-state index in [1.807, 2.05) is 37.3 Å². The van der Waals surface area contributed by atoms with Gasteiger partial charge in [0.15, 0.2) is 24.6 Å². The van der Waals surface area contributed by atoms with Gasteiger partial charge in [0.1, 0.15) is 30.0 Å². The molecule has 1 aliphatic carbocycles. The van der Waals surface area contributed by atoms with Crippen molar-refractivity contribution in [3.8, 4) is 0 Å². The third-order valence-corrected chi connectivity index (χ3v) is 11.8. The number of carbonyl (C=O) groups excluding carboxylic acids is 4. The first-order chi connectivity index (χ1) is 27.5. The fourth-order valence-electron chi connectivity index (χ4n) is 8.60. The average Bonchev–Trinajstić information content (AvgIpc) is 3.42. The van der Waals surface area contributed by atoms with Gasteiger partial charge >= 0.3 is 23.9 Å². The first-order valence-electron chi connectivity index (χ1n) is 19.6. The van der Waals surface area contributed by atoms with E-state index in [0.29, 0.717) is 0 Å². The second-order valence-electron chi connectivity index (χ2n) is 15.9. The zero-order valence-electron chi connectivity index (χ0n) is 33.0. The molecule has 18 nitrogen and oxygen atoms in total. The van der Waals surface area contributed by atoms with Gasteiger partial charge in [-0.25, -0.2) is 4.79 Å². The van der Waals surface area contributed by atoms with Crippen LogP contribution in [0.1, 0.15) is 65.9 Å². The molecule has 4 aliphatic heterocycles. The van der Waals surface area contributed by atoms with Crippen LogP contribution in [-0.4, -0.2) is 148 Å². The molecule has 1 aromatic rings. The minimum absolute atomic E-state index is 0.0183. The Morgan fingerprint density at radius 3 is 2.12 bits per heavy atom. The summed E-state index contributed by atoms with van der Waals surface area (Å²) < 4.78 is 52.4. The summed E-state index contributed by atoms with van der Waals surface area (Å²) in [5.41, 5.74) is -1.11.